The summed E-state index contributed by atoms with van der Waals surface area (Å²) in [5.74, 6) is -12.1. The van der Waals surface area contributed by atoms with Crippen molar-refractivity contribution in [3.8, 4) is 0 Å². The average Bonchev–Trinajstić information content (AvgIpc) is 2.44. The first-order chi connectivity index (χ1) is 11.2. The summed E-state index contributed by atoms with van der Waals surface area (Å²) in [5, 5.41) is 0. The molecule has 0 saturated carbocycles. The van der Waals surface area contributed by atoms with E-state index in [-0.39, 0.29) is 7.11 Å². The van der Waals surface area contributed by atoms with Crippen LogP contribution in [0.25, 0.3) is 0 Å². The summed E-state index contributed by atoms with van der Waals surface area (Å²) >= 11 is 0. The molecule has 0 aromatic rings. The second-order valence-electron chi connectivity index (χ2n) is 4.50. The fourth-order valence-electron chi connectivity index (χ4n) is 1.02. The Kier molecular flexibility index (Phi) is 6.90. The Morgan fingerprint density at radius 3 is 1.46 bits per heavy atom. The molecule has 158 valence electrons. The van der Waals surface area contributed by atoms with Gasteiger partial charge in [-0.3, -0.25) is 4.74 Å². The average molecular weight is 424 g/mol. The molecule has 1 unspecified atom stereocenters. The fourth-order valence-corrected chi connectivity index (χ4v) is 1.02. The Balaban J connectivity index is 5.68. The largest absolute Gasteiger partial charge is 0.453 e. The molecule has 0 rings (SSSR count). The highest BCUT2D eigenvalue weighted by molar-refractivity contribution is 4.89. The fraction of sp³-hybridized carbons (Fsp3) is 1.00. The molecule has 0 aromatic carbocycles. The summed E-state index contributed by atoms with van der Waals surface area (Å²) in [6, 6.07) is 0. The molecular weight excluding hydrogens is 415 g/mol. The van der Waals surface area contributed by atoms with Crippen LogP contribution in [0.4, 0.5) is 57.1 Å². The maximum absolute atomic E-state index is 13.1. The lowest BCUT2D eigenvalue weighted by Crippen LogP contribution is -2.61. The number of ether oxygens (including phenoxy) is 3. The Labute approximate surface area is 136 Å². The topological polar surface area (TPSA) is 27.7 Å². The van der Waals surface area contributed by atoms with Crippen LogP contribution >= 0.6 is 0 Å². The van der Waals surface area contributed by atoms with Gasteiger partial charge in [0.1, 0.15) is 0 Å². The van der Waals surface area contributed by atoms with Crippen LogP contribution in [0.15, 0.2) is 0 Å². The molecule has 0 bridgehead atoms. The van der Waals surface area contributed by atoms with E-state index in [0.29, 0.717) is 6.92 Å². The first-order valence-electron chi connectivity index (χ1n) is 6.05. The van der Waals surface area contributed by atoms with Gasteiger partial charge in [0, 0.05) is 13.5 Å². The highest BCUT2D eigenvalue weighted by atomic mass is 19.4. The molecule has 0 aromatic heterocycles. The minimum absolute atomic E-state index is 0.203. The first-order valence-corrected chi connectivity index (χ1v) is 6.05. The summed E-state index contributed by atoms with van der Waals surface area (Å²) < 4.78 is 174. The maximum atomic E-state index is 13.1. The Bertz CT molecular complexity index is 479. The van der Waals surface area contributed by atoms with Gasteiger partial charge >= 0.3 is 36.3 Å². The maximum Gasteiger partial charge on any atom is 0.453 e. The predicted octanol–water partition coefficient (Wildman–Crippen LogP) is 5.01. The summed E-state index contributed by atoms with van der Waals surface area (Å²) in [5.41, 5.74) is 0. The van der Waals surface area contributed by atoms with E-state index in [4.69, 9.17) is 0 Å². The van der Waals surface area contributed by atoms with Crippen LogP contribution in [0.2, 0.25) is 0 Å². The molecule has 0 amide bonds. The zero-order valence-corrected chi connectivity index (χ0v) is 12.4. The van der Waals surface area contributed by atoms with Crippen molar-refractivity contribution >= 4 is 0 Å². The van der Waals surface area contributed by atoms with Crippen LogP contribution < -0.4 is 0 Å². The van der Waals surface area contributed by atoms with Crippen LogP contribution in [0.3, 0.4) is 0 Å². The molecule has 0 spiro atoms. The van der Waals surface area contributed by atoms with Gasteiger partial charge in [0.25, 0.3) is 6.36 Å². The lowest BCUT2D eigenvalue weighted by atomic mass is 10.2. The quantitative estimate of drug-likeness (QED) is 0.462. The Morgan fingerprint density at radius 2 is 1.12 bits per heavy atom. The summed E-state index contributed by atoms with van der Waals surface area (Å²) in [4.78, 5) is 0. The van der Waals surface area contributed by atoms with Crippen molar-refractivity contribution < 1.29 is 71.3 Å². The molecule has 16 heteroatoms. The van der Waals surface area contributed by atoms with Crippen LogP contribution in [-0.4, -0.2) is 49.7 Å². The van der Waals surface area contributed by atoms with Gasteiger partial charge < -0.3 is 4.74 Å². The predicted molar refractivity (Wildman–Crippen MR) is 54.0 cm³/mol. The zero-order chi connectivity index (χ0) is 21.4. The van der Waals surface area contributed by atoms with Crippen molar-refractivity contribution in [2.24, 2.45) is 0 Å². The lowest BCUT2D eigenvalue weighted by molar-refractivity contribution is -0.532. The number of methoxy groups -OCH3 is 1. The van der Waals surface area contributed by atoms with Crippen molar-refractivity contribution in [2.45, 2.75) is 56.0 Å². The molecule has 1 atom stereocenters. The molecular formula is C10H9F13O3. The van der Waals surface area contributed by atoms with Crippen LogP contribution in [0.1, 0.15) is 13.3 Å². The molecule has 0 saturated heterocycles. The number of halogens is 13. The molecule has 0 radical (unpaired) electrons. The van der Waals surface area contributed by atoms with E-state index in [0.717, 1.165) is 0 Å². The summed E-state index contributed by atoms with van der Waals surface area (Å²) in [7, 11) is -0.203. The highest BCUT2D eigenvalue weighted by Gasteiger charge is 2.79. The van der Waals surface area contributed by atoms with Gasteiger partial charge in [0.15, 0.2) is 0 Å². The van der Waals surface area contributed by atoms with Crippen molar-refractivity contribution in [2.75, 3.05) is 7.11 Å². The van der Waals surface area contributed by atoms with Gasteiger partial charge in [0.05, 0.1) is 0 Å². The second kappa shape index (κ2) is 7.18. The summed E-state index contributed by atoms with van der Waals surface area (Å²) in [6.07, 6.45) is -32.8. The molecule has 0 fully saturated rings. The van der Waals surface area contributed by atoms with Gasteiger partial charge in [-0.05, 0) is 0 Å². The number of hydrogen-bond acceptors (Lipinski definition) is 3. The molecule has 0 heterocycles. The van der Waals surface area contributed by atoms with Crippen LogP contribution in [-0.2, 0) is 14.2 Å². The van der Waals surface area contributed by atoms with E-state index in [1.54, 1.807) is 4.74 Å². The molecule has 0 aliphatic rings. The summed E-state index contributed by atoms with van der Waals surface area (Å²) in [6.45, 7) is 0.470. The van der Waals surface area contributed by atoms with E-state index in [1.165, 1.54) is 0 Å². The molecule has 3 nitrogen and oxygen atoms in total. The third-order valence-electron chi connectivity index (χ3n) is 2.64. The minimum Gasteiger partial charge on any atom is -0.317 e. The normalized spacial score (nSPS) is 16.7. The number of rotatable bonds is 10. The van der Waals surface area contributed by atoms with Gasteiger partial charge in [0.2, 0.25) is 0 Å². The smallest absolute Gasteiger partial charge is 0.317 e. The van der Waals surface area contributed by atoms with Crippen molar-refractivity contribution in [1.82, 2.24) is 0 Å². The number of hydrogen-bond donors (Lipinski definition) is 0. The van der Waals surface area contributed by atoms with Gasteiger partial charge in [-0.25, -0.2) is 17.9 Å². The molecule has 0 aliphatic carbocycles. The lowest BCUT2D eigenvalue weighted by Gasteiger charge is -2.35. The third-order valence-corrected chi connectivity index (χ3v) is 2.64. The molecule has 0 aliphatic heterocycles. The van der Waals surface area contributed by atoms with Crippen molar-refractivity contribution in [1.29, 1.82) is 0 Å². The van der Waals surface area contributed by atoms with Crippen molar-refractivity contribution in [3.63, 3.8) is 0 Å². The third kappa shape index (κ3) is 4.62. The van der Waals surface area contributed by atoms with Gasteiger partial charge in [-0.1, -0.05) is 6.92 Å². The standard InChI is InChI=1S/C10H9F13O3/c1-3-5(12,13)4(11)25-7(16,17)6(14,15)8(18,19)26-10(22,23)9(20,21)24-2/h4H,3H2,1-2H3. The van der Waals surface area contributed by atoms with E-state index >= 15 is 0 Å². The van der Waals surface area contributed by atoms with E-state index < -0.39 is 49.1 Å². The van der Waals surface area contributed by atoms with Crippen LogP contribution in [0.5, 0.6) is 0 Å². The first kappa shape index (κ1) is 25.0. The number of alkyl halides is 13. The van der Waals surface area contributed by atoms with Gasteiger partial charge in [-0.15, -0.1) is 0 Å². The monoisotopic (exact) mass is 424 g/mol. The van der Waals surface area contributed by atoms with Gasteiger partial charge in [-0.2, -0.15) is 43.9 Å². The Hall–Kier alpha value is -1.03. The Morgan fingerprint density at radius 1 is 0.692 bits per heavy atom. The van der Waals surface area contributed by atoms with Crippen molar-refractivity contribution in [3.05, 3.63) is 0 Å². The second-order valence-corrected chi connectivity index (χ2v) is 4.50. The van der Waals surface area contributed by atoms with E-state index in [1.807, 2.05) is 0 Å². The van der Waals surface area contributed by atoms with E-state index in [9.17, 15) is 57.1 Å². The van der Waals surface area contributed by atoms with E-state index in [2.05, 4.69) is 9.47 Å². The molecule has 26 heavy (non-hydrogen) atoms. The van der Waals surface area contributed by atoms with Crippen LogP contribution in [0, 0.1) is 0 Å². The SMILES string of the molecule is CCC(F)(F)C(F)OC(F)(F)C(F)(F)C(F)(F)OC(F)(F)C(F)(F)OC. The molecule has 0 N–H and O–H groups in total. The zero-order valence-electron chi connectivity index (χ0n) is 12.4. The highest BCUT2D eigenvalue weighted by Crippen LogP contribution is 2.52. The minimum atomic E-state index is -7.29.